The van der Waals surface area contributed by atoms with E-state index in [-0.39, 0.29) is 4.90 Å². The fourth-order valence-electron chi connectivity index (χ4n) is 2.12. The summed E-state index contributed by atoms with van der Waals surface area (Å²) in [5.41, 5.74) is 1.47. The number of carbonyl (C=O) groups is 2. The van der Waals surface area contributed by atoms with Crippen molar-refractivity contribution in [2.24, 2.45) is 0 Å². The number of benzene rings is 2. The smallest absolute Gasteiger partial charge is 0.324 e. The first-order valence-corrected chi connectivity index (χ1v) is 9.85. The van der Waals surface area contributed by atoms with Gasteiger partial charge in [-0.2, -0.15) is 4.72 Å². The van der Waals surface area contributed by atoms with Crippen LogP contribution in [0.3, 0.4) is 0 Å². The topological polar surface area (TPSA) is 102 Å². The van der Waals surface area contributed by atoms with Gasteiger partial charge in [0.1, 0.15) is 6.04 Å². The zero-order chi connectivity index (χ0) is 20.0. The molecule has 27 heavy (non-hydrogen) atoms. The second-order valence-corrected chi connectivity index (χ2v) is 7.92. The van der Waals surface area contributed by atoms with Gasteiger partial charge in [0.05, 0.1) is 4.90 Å². The van der Waals surface area contributed by atoms with Crippen LogP contribution < -0.4 is 10.0 Å². The molecule has 144 valence electrons. The van der Waals surface area contributed by atoms with Gasteiger partial charge < -0.3 is 10.1 Å². The number of nitrogens with one attached hydrogen (secondary N) is 2. The molecule has 0 radical (unpaired) electrons. The SMILES string of the molecule is Cc1ccccc1NC(=O)COC(=O)[C@H](C)NS(=O)(=O)c1ccc(Cl)cc1. The second kappa shape index (κ2) is 8.98. The van der Waals surface area contributed by atoms with Gasteiger partial charge in [0, 0.05) is 10.7 Å². The van der Waals surface area contributed by atoms with Gasteiger partial charge in [-0.05, 0) is 49.7 Å². The third-order valence-corrected chi connectivity index (χ3v) is 5.38. The van der Waals surface area contributed by atoms with Gasteiger partial charge in [-0.3, -0.25) is 9.59 Å². The van der Waals surface area contributed by atoms with Crippen molar-refractivity contribution >= 4 is 39.2 Å². The number of halogens is 1. The lowest BCUT2D eigenvalue weighted by molar-refractivity contribution is -0.148. The summed E-state index contributed by atoms with van der Waals surface area (Å²) >= 11 is 5.73. The van der Waals surface area contributed by atoms with Crippen LogP contribution in [-0.4, -0.2) is 32.9 Å². The fourth-order valence-corrected chi connectivity index (χ4v) is 3.44. The largest absolute Gasteiger partial charge is 0.454 e. The summed E-state index contributed by atoms with van der Waals surface area (Å²) in [7, 11) is -3.92. The molecule has 9 heteroatoms. The van der Waals surface area contributed by atoms with Crippen molar-refractivity contribution in [3.8, 4) is 0 Å². The van der Waals surface area contributed by atoms with Crippen molar-refractivity contribution < 1.29 is 22.7 Å². The quantitative estimate of drug-likeness (QED) is 0.683. The van der Waals surface area contributed by atoms with Gasteiger partial charge >= 0.3 is 5.97 Å². The highest BCUT2D eigenvalue weighted by Crippen LogP contribution is 2.15. The highest BCUT2D eigenvalue weighted by molar-refractivity contribution is 7.89. The van der Waals surface area contributed by atoms with E-state index in [0.29, 0.717) is 10.7 Å². The number of esters is 1. The van der Waals surface area contributed by atoms with Gasteiger partial charge in [-0.25, -0.2) is 8.42 Å². The van der Waals surface area contributed by atoms with E-state index in [0.717, 1.165) is 5.56 Å². The van der Waals surface area contributed by atoms with Gasteiger partial charge in [0.2, 0.25) is 10.0 Å². The first-order valence-electron chi connectivity index (χ1n) is 7.99. The Morgan fingerprint density at radius 1 is 1.11 bits per heavy atom. The molecule has 0 aliphatic rings. The Hall–Kier alpha value is -2.42. The van der Waals surface area contributed by atoms with Gasteiger partial charge in [0.15, 0.2) is 6.61 Å². The number of rotatable bonds is 7. The second-order valence-electron chi connectivity index (χ2n) is 5.77. The first-order chi connectivity index (χ1) is 12.7. The molecule has 0 fully saturated rings. The molecule has 1 amide bonds. The van der Waals surface area contributed by atoms with Crippen LogP contribution in [0.5, 0.6) is 0 Å². The third-order valence-electron chi connectivity index (χ3n) is 3.57. The molecular weight excluding hydrogens is 392 g/mol. The van der Waals surface area contributed by atoms with Crippen LogP contribution >= 0.6 is 11.6 Å². The van der Waals surface area contributed by atoms with E-state index >= 15 is 0 Å². The van der Waals surface area contributed by atoms with Gasteiger partial charge in [0.25, 0.3) is 5.91 Å². The first kappa shape index (κ1) is 20.9. The summed E-state index contributed by atoms with van der Waals surface area (Å²) in [6.07, 6.45) is 0. The average Bonchev–Trinajstić information content (AvgIpc) is 2.61. The minimum Gasteiger partial charge on any atom is -0.454 e. The number of hydrogen-bond donors (Lipinski definition) is 2. The lowest BCUT2D eigenvalue weighted by atomic mass is 10.2. The number of para-hydroxylation sites is 1. The molecular formula is C18H19ClN2O5S. The van der Waals surface area contributed by atoms with Gasteiger partial charge in [-0.1, -0.05) is 29.8 Å². The summed E-state index contributed by atoms with van der Waals surface area (Å²) in [5.74, 6) is -1.39. The maximum atomic E-state index is 12.2. The lowest BCUT2D eigenvalue weighted by Crippen LogP contribution is -2.40. The molecule has 0 aromatic heterocycles. The highest BCUT2D eigenvalue weighted by Gasteiger charge is 2.23. The number of anilines is 1. The Bertz CT molecular complexity index is 929. The lowest BCUT2D eigenvalue weighted by Gasteiger charge is -2.14. The summed E-state index contributed by atoms with van der Waals surface area (Å²) < 4.78 is 31.5. The van der Waals surface area contributed by atoms with Crippen molar-refractivity contribution in [1.29, 1.82) is 0 Å². The molecule has 2 aromatic rings. The van der Waals surface area contributed by atoms with Crippen LogP contribution in [0.15, 0.2) is 53.4 Å². The van der Waals surface area contributed by atoms with Crippen LogP contribution in [0.2, 0.25) is 5.02 Å². The van der Waals surface area contributed by atoms with Crippen molar-refractivity contribution in [2.45, 2.75) is 24.8 Å². The highest BCUT2D eigenvalue weighted by atomic mass is 35.5. The monoisotopic (exact) mass is 410 g/mol. The predicted molar refractivity (Wildman–Crippen MR) is 102 cm³/mol. The number of amides is 1. The van der Waals surface area contributed by atoms with E-state index in [1.54, 1.807) is 12.1 Å². The summed E-state index contributed by atoms with van der Waals surface area (Å²) in [5, 5.41) is 3.01. The van der Waals surface area contributed by atoms with E-state index in [4.69, 9.17) is 16.3 Å². The molecule has 0 saturated heterocycles. The number of carbonyl (C=O) groups excluding carboxylic acids is 2. The molecule has 0 aliphatic carbocycles. The van der Waals surface area contributed by atoms with Crippen LogP contribution in [-0.2, 0) is 24.3 Å². The molecule has 0 spiro atoms. The zero-order valence-corrected chi connectivity index (χ0v) is 16.3. The Morgan fingerprint density at radius 3 is 2.37 bits per heavy atom. The molecule has 0 unspecified atom stereocenters. The molecule has 2 N–H and O–H groups in total. The zero-order valence-electron chi connectivity index (χ0n) is 14.7. The molecule has 0 aliphatic heterocycles. The van der Waals surface area contributed by atoms with Crippen molar-refractivity contribution in [3.63, 3.8) is 0 Å². The predicted octanol–water partition coefficient (Wildman–Crippen LogP) is 2.50. The summed E-state index contributed by atoms with van der Waals surface area (Å²) in [4.78, 5) is 23.8. The third kappa shape index (κ3) is 6.06. The molecule has 1 atom stereocenters. The Morgan fingerprint density at radius 2 is 1.74 bits per heavy atom. The average molecular weight is 411 g/mol. The van der Waals surface area contributed by atoms with Crippen LogP contribution in [0.1, 0.15) is 12.5 Å². The Kier molecular flexibility index (Phi) is 6.95. The maximum Gasteiger partial charge on any atom is 0.324 e. The van der Waals surface area contributed by atoms with E-state index < -0.39 is 34.5 Å². The number of hydrogen-bond acceptors (Lipinski definition) is 5. The number of ether oxygens (including phenoxy) is 1. The summed E-state index contributed by atoms with van der Waals surface area (Å²) in [6, 6.07) is 11.5. The normalized spacial score (nSPS) is 12.3. The fraction of sp³-hybridized carbons (Fsp3) is 0.222. The Labute approximate surface area is 162 Å². The molecule has 0 bridgehead atoms. The molecule has 0 heterocycles. The van der Waals surface area contributed by atoms with Crippen molar-refractivity contribution in [2.75, 3.05) is 11.9 Å². The van der Waals surface area contributed by atoms with E-state index in [1.807, 2.05) is 19.1 Å². The Balaban J connectivity index is 1.89. The molecule has 2 rings (SSSR count). The molecule has 0 saturated carbocycles. The van der Waals surface area contributed by atoms with Crippen LogP contribution in [0.25, 0.3) is 0 Å². The molecule has 2 aromatic carbocycles. The number of aryl methyl sites for hydroxylation is 1. The number of sulfonamides is 1. The van der Waals surface area contributed by atoms with Crippen molar-refractivity contribution in [3.05, 3.63) is 59.1 Å². The minimum absolute atomic E-state index is 0.0381. The van der Waals surface area contributed by atoms with Crippen molar-refractivity contribution in [1.82, 2.24) is 4.72 Å². The maximum absolute atomic E-state index is 12.2. The molecule has 7 nitrogen and oxygen atoms in total. The van der Waals surface area contributed by atoms with E-state index in [1.165, 1.54) is 31.2 Å². The van der Waals surface area contributed by atoms with Crippen LogP contribution in [0.4, 0.5) is 5.69 Å². The van der Waals surface area contributed by atoms with Gasteiger partial charge in [-0.15, -0.1) is 0 Å². The van der Waals surface area contributed by atoms with E-state index in [9.17, 15) is 18.0 Å². The standard InChI is InChI=1S/C18H19ClN2O5S/c1-12-5-3-4-6-16(12)20-17(22)11-26-18(23)13(2)21-27(24,25)15-9-7-14(19)8-10-15/h3-10,13,21H,11H2,1-2H3,(H,20,22)/t13-/m0/s1. The summed E-state index contributed by atoms with van der Waals surface area (Å²) in [6.45, 7) is 2.63. The minimum atomic E-state index is -3.92. The van der Waals surface area contributed by atoms with E-state index in [2.05, 4.69) is 10.0 Å². The van der Waals surface area contributed by atoms with Crippen LogP contribution in [0, 0.1) is 6.92 Å².